The summed E-state index contributed by atoms with van der Waals surface area (Å²) < 4.78 is 5.09. The van der Waals surface area contributed by atoms with Crippen LogP contribution in [0.25, 0.3) is 11.4 Å². The number of hydrogen-bond donors (Lipinski definition) is 2. The molecule has 1 heterocycles. The number of nitrogens with zero attached hydrogens (tertiary/aromatic N) is 5. The van der Waals surface area contributed by atoms with Crippen LogP contribution < -0.4 is 5.32 Å². The number of carbonyl (C=O) groups is 3. The second-order valence-corrected chi connectivity index (χ2v) is 9.30. The fourth-order valence-corrected chi connectivity index (χ4v) is 3.72. The first kappa shape index (κ1) is 28.3. The zero-order chi connectivity index (χ0) is 27.7. The SMILES string of the molecule is CCOC(=O)CN(C(=O)Cn1nnc(-c2ccc(C)cc2)n1)C(C(=O)NCCC(C)C)c1ccc(O)cc1. The standard InChI is InChI=1S/C27H34N6O5/c1-5-38-24(36)17-32(23(35)16-33-30-26(29-31-33)21-8-6-19(4)7-9-21)25(20-10-12-22(34)13-11-20)27(37)28-15-14-18(2)3/h6-13,18,25,34H,5,14-17H2,1-4H3,(H,28,37). The van der Waals surface area contributed by atoms with Crippen LogP contribution in [0.5, 0.6) is 5.75 Å². The van der Waals surface area contributed by atoms with Gasteiger partial charge in [0.25, 0.3) is 0 Å². The van der Waals surface area contributed by atoms with Gasteiger partial charge in [-0.05, 0) is 49.1 Å². The lowest BCUT2D eigenvalue weighted by Crippen LogP contribution is -2.47. The molecule has 3 rings (SSSR count). The van der Waals surface area contributed by atoms with Crippen LogP contribution in [0.15, 0.2) is 48.5 Å². The molecule has 202 valence electrons. The van der Waals surface area contributed by atoms with Crippen LogP contribution in [-0.2, 0) is 25.7 Å². The largest absolute Gasteiger partial charge is 0.508 e. The predicted molar refractivity (Wildman–Crippen MR) is 140 cm³/mol. The number of aromatic nitrogens is 4. The maximum atomic E-state index is 13.6. The predicted octanol–water partition coefficient (Wildman–Crippen LogP) is 2.65. The number of benzene rings is 2. The van der Waals surface area contributed by atoms with Crippen molar-refractivity contribution < 1.29 is 24.2 Å². The fraction of sp³-hybridized carbons (Fsp3) is 0.407. The number of aromatic hydroxyl groups is 1. The molecule has 0 fully saturated rings. The molecular formula is C27H34N6O5. The van der Waals surface area contributed by atoms with E-state index in [0.717, 1.165) is 27.2 Å². The van der Waals surface area contributed by atoms with Crippen molar-refractivity contribution in [2.24, 2.45) is 5.92 Å². The van der Waals surface area contributed by atoms with E-state index in [-0.39, 0.29) is 18.9 Å². The molecule has 3 aromatic rings. The molecule has 1 unspecified atom stereocenters. The second-order valence-electron chi connectivity index (χ2n) is 9.30. The maximum absolute atomic E-state index is 13.6. The van der Waals surface area contributed by atoms with E-state index in [1.165, 1.54) is 24.3 Å². The molecule has 1 aromatic heterocycles. The van der Waals surface area contributed by atoms with E-state index >= 15 is 0 Å². The minimum atomic E-state index is -1.15. The van der Waals surface area contributed by atoms with Crippen LogP contribution in [0.4, 0.5) is 0 Å². The molecule has 2 aromatic carbocycles. The van der Waals surface area contributed by atoms with E-state index in [4.69, 9.17) is 4.74 Å². The normalized spacial score (nSPS) is 11.7. The number of ether oxygens (including phenoxy) is 1. The molecule has 0 aliphatic rings. The van der Waals surface area contributed by atoms with Gasteiger partial charge in [-0.25, -0.2) is 0 Å². The van der Waals surface area contributed by atoms with Crippen LogP contribution in [0.3, 0.4) is 0 Å². The van der Waals surface area contributed by atoms with E-state index < -0.39 is 30.4 Å². The molecule has 2 amide bonds. The van der Waals surface area contributed by atoms with E-state index in [0.29, 0.717) is 23.9 Å². The molecule has 2 N–H and O–H groups in total. The van der Waals surface area contributed by atoms with Gasteiger partial charge >= 0.3 is 5.97 Å². The van der Waals surface area contributed by atoms with Gasteiger partial charge < -0.3 is 20.1 Å². The quantitative estimate of drug-likeness (QED) is 0.346. The summed E-state index contributed by atoms with van der Waals surface area (Å²) in [7, 11) is 0. The number of nitrogens with one attached hydrogen (secondary N) is 1. The van der Waals surface area contributed by atoms with E-state index in [1.807, 2.05) is 45.0 Å². The number of tetrazole rings is 1. The molecule has 0 aliphatic carbocycles. The number of esters is 1. The van der Waals surface area contributed by atoms with Gasteiger partial charge in [-0.3, -0.25) is 14.4 Å². The Morgan fingerprint density at radius 2 is 1.76 bits per heavy atom. The third-order valence-electron chi connectivity index (χ3n) is 5.75. The molecule has 1 atom stereocenters. The number of carbonyl (C=O) groups excluding carboxylic acids is 3. The number of aryl methyl sites for hydroxylation is 1. The van der Waals surface area contributed by atoms with Gasteiger partial charge in [-0.15, -0.1) is 10.2 Å². The molecule has 0 spiro atoms. The van der Waals surface area contributed by atoms with Gasteiger partial charge in [0.2, 0.25) is 17.6 Å². The zero-order valence-corrected chi connectivity index (χ0v) is 22.1. The van der Waals surface area contributed by atoms with E-state index in [2.05, 4.69) is 20.7 Å². The Labute approximate surface area is 221 Å². The van der Waals surface area contributed by atoms with Crippen molar-refractivity contribution in [3.8, 4) is 17.1 Å². The van der Waals surface area contributed by atoms with Crippen molar-refractivity contribution in [2.45, 2.75) is 46.7 Å². The van der Waals surface area contributed by atoms with Crippen LogP contribution in [0.1, 0.15) is 44.4 Å². The Hall–Kier alpha value is -4.28. The Balaban J connectivity index is 1.90. The topological polar surface area (TPSA) is 140 Å². The van der Waals surface area contributed by atoms with Crippen molar-refractivity contribution in [1.82, 2.24) is 30.4 Å². The van der Waals surface area contributed by atoms with Gasteiger partial charge in [0.1, 0.15) is 24.9 Å². The minimum absolute atomic E-state index is 0.00596. The number of phenols is 1. The molecular weight excluding hydrogens is 488 g/mol. The average molecular weight is 523 g/mol. The average Bonchev–Trinajstić information content (AvgIpc) is 3.33. The van der Waals surface area contributed by atoms with Gasteiger partial charge in [-0.1, -0.05) is 55.8 Å². The third-order valence-corrected chi connectivity index (χ3v) is 5.75. The second kappa shape index (κ2) is 13.3. The lowest BCUT2D eigenvalue weighted by molar-refractivity contribution is -0.153. The first-order valence-corrected chi connectivity index (χ1v) is 12.5. The van der Waals surface area contributed by atoms with Crippen molar-refractivity contribution in [3.63, 3.8) is 0 Å². The first-order chi connectivity index (χ1) is 18.2. The van der Waals surface area contributed by atoms with Crippen LogP contribution >= 0.6 is 0 Å². The van der Waals surface area contributed by atoms with Gasteiger partial charge in [0, 0.05) is 12.1 Å². The van der Waals surface area contributed by atoms with E-state index in [1.54, 1.807) is 6.92 Å². The van der Waals surface area contributed by atoms with Gasteiger partial charge in [0.15, 0.2) is 0 Å². The number of rotatable bonds is 12. The summed E-state index contributed by atoms with van der Waals surface area (Å²) in [6.45, 7) is 7.40. The van der Waals surface area contributed by atoms with Crippen LogP contribution in [-0.4, -0.2) is 67.7 Å². The van der Waals surface area contributed by atoms with E-state index in [9.17, 15) is 19.5 Å². The number of hydrogen-bond acceptors (Lipinski definition) is 8. The highest BCUT2D eigenvalue weighted by Crippen LogP contribution is 2.24. The minimum Gasteiger partial charge on any atom is -0.508 e. The van der Waals surface area contributed by atoms with Gasteiger partial charge in [-0.2, -0.15) is 4.80 Å². The summed E-state index contributed by atoms with van der Waals surface area (Å²) in [6.07, 6.45) is 0.741. The molecule has 0 saturated carbocycles. The Bertz CT molecular complexity index is 1220. The molecule has 0 radical (unpaired) electrons. The zero-order valence-electron chi connectivity index (χ0n) is 22.1. The summed E-state index contributed by atoms with van der Waals surface area (Å²) in [5.41, 5.74) is 2.25. The maximum Gasteiger partial charge on any atom is 0.325 e. The van der Waals surface area contributed by atoms with Crippen molar-refractivity contribution in [1.29, 1.82) is 0 Å². The monoisotopic (exact) mass is 522 g/mol. The smallest absolute Gasteiger partial charge is 0.325 e. The van der Waals surface area contributed by atoms with Gasteiger partial charge in [0.05, 0.1) is 6.61 Å². The Morgan fingerprint density at radius 3 is 2.39 bits per heavy atom. The Kier molecular flexibility index (Phi) is 9.92. The highest BCUT2D eigenvalue weighted by molar-refractivity contribution is 5.90. The highest BCUT2D eigenvalue weighted by atomic mass is 16.5. The highest BCUT2D eigenvalue weighted by Gasteiger charge is 2.33. The number of phenolic OH excluding ortho intramolecular Hbond substituents is 1. The molecule has 0 aliphatic heterocycles. The third kappa shape index (κ3) is 7.86. The summed E-state index contributed by atoms with van der Waals surface area (Å²) in [5, 5.41) is 25.0. The fourth-order valence-electron chi connectivity index (χ4n) is 3.72. The molecule has 0 saturated heterocycles. The van der Waals surface area contributed by atoms with Crippen molar-refractivity contribution in [2.75, 3.05) is 19.7 Å². The first-order valence-electron chi connectivity index (χ1n) is 12.5. The van der Waals surface area contributed by atoms with Crippen molar-refractivity contribution in [3.05, 3.63) is 59.7 Å². The summed E-state index contributed by atoms with van der Waals surface area (Å²) in [4.78, 5) is 41.7. The summed E-state index contributed by atoms with van der Waals surface area (Å²) in [6, 6.07) is 12.3. The number of amides is 2. The van der Waals surface area contributed by atoms with Crippen LogP contribution in [0, 0.1) is 12.8 Å². The van der Waals surface area contributed by atoms with Crippen LogP contribution in [0.2, 0.25) is 0 Å². The molecule has 11 heteroatoms. The molecule has 0 bridgehead atoms. The Morgan fingerprint density at radius 1 is 1.08 bits per heavy atom. The van der Waals surface area contributed by atoms with Crippen molar-refractivity contribution >= 4 is 17.8 Å². The lowest BCUT2D eigenvalue weighted by atomic mass is 10.0. The molecule has 11 nitrogen and oxygen atoms in total. The summed E-state index contributed by atoms with van der Waals surface area (Å²) >= 11 is 0. The summed E-state index contributed by atoms with van der Waals surface area (Å²) in [5.74, 6) is -0.987. The lowest BCUT2D eigenvalue weighted by Gasteiger charge is -2.30. The molecule has 38 heavy (non-hydrogen) atoms.